The Bertz CT molecular complexity index is 1520. The number of nitrogens with zero attached hydrogens (tertiary/aromatic N) is 4. The van der Waals surface area contributed by atoms with Crippen molar-refractivity contribution in [3.8, 4) is 5.69 Å². The number of fused-ring (bicyclic) bond motifs is 2. The third kappa shape index (κ3) is 3.30. The van der Waals surface area contributed by atoms with E-state index in [1.54, 1.807) is 21.4 Å². The van der Waals surface area contributed by atoms with Crippen LogP contribution in [0.3, 0.4) is 0 Å². The van der Waals surface area contributed by atoms with Crippen LogP contribution in [0, 0.1) is 6.92 Å². The van der Waals surface area contributed by atoms with Crippen LogP contribution in [-0.2, 0) is 6.54 Å². The van der Waals surface area contributed by atoms with Crippen LogP contribution in [0.4, 0.5) is 0 Å². The molecule has 0 unspecified atom stereocenters. The predicted octanol–water partition coefficient (Wildman–Crippen LogP) is 4.84. The van der Waals surface area contributed by atoms with E-state index in [9.17, 15) is 14.7 Å². The van der Waals surface area contributed by atoms with Crippen LogP contribution in [0.2, 0.25) is 10.2 Å². The summed E-state index contributed by atoms with van der Waals surface area (Å²) in [6.07, 6.45) is 2.49. The first kappa shape index (κ1) is 20.5. The Labute approximate surface area is 192 Å². The molecule has 9 heteroatoms. The Morgan fingerprint density at radius 2 is 2.00 bits per heavy atom. The van der Waals surface area contributed by atoms with Gasteiger partial charge < -0.3 is 5.11 Å². The van der Waals surface area contributed by atoms with Crippen molar-refractivity contribution in [3.63, 3.8) is 0 Å². The highest BCUT2D eigenvalue weighted by atomic mass is 35.5. The molecule has 2 aromatic heterocycles. The number of carboxylic acids is 1. The first-order chi connectivity index (χ1) is 15.3. The van der Waals surface area contributed by atoms with Gasteiger partial charge in [0.25, 0.3) is 5.56 Å². The number of allylic oxidation sites excluding steroid dienone is 1. The summed E-state index contributed by atoms with van der Waals surface area (Å²) in [6, 6.07) is 11.6. The van der Waals surface area contributed by atoms with E-state index in [0.29, 0.717) is 39.9 Å². The van der Waals surface area contributed by atoms with Gasteiger partial charge in [0.05, 0.1) is 27.8 Å². The lowest BCUT2D eigenvalue weighted by Crippen LogP contribution is -2.21. The van der Waals surface area contributed by atoms with Gasteiger partial charge in [0.1, 0.15) is 11.0 Å². The van der Waals surface area contributed by atoms with Gasteiger partial charge in [-0.25, -0.2) is 14.5 Å². The quantitative estimate of drug-likeness (QED) is 0.466. The van der Waals surface area contributed by atoms with Crippen LogP contribution in [-0.4, -0.2) is 30.4 Å². The van der Waals surface area contributed by atoms with Crippen LogP contribution in [0.25, 0.3) is 28.2 Å². The second-order valence-electron chi connectivity index (χ2n) is 7.53. The standard InChI is InChI=1S/C23H16Cl2N4O3/c1-12-18(20(25)29(27-12)16-4-2-3-15(24)11-16)9-13-7-8-28-21(13)26-19-10-14(23(31)32)5-6-17(19)22(28)30/h2-6,9-11H,7-8H2,1H3,(H,31,32)/b13-9+. The molecule has 160 valence electrons. The van der Waals surface area contributed by atoms with E-state index in [1.165, 1.54) is 18.2 Å². The van der Waals surface area contributed by atoms with Crippen LogP contribution in [0.1, 0.15) is 33.9 Å². The van der Waals surface area contributed by atoms with Gasteiger partial charge in [-0.2, -0.15) is 5.10 Å². The van der Waals surface area contributed by atoms with Crippen LogP contribution >= 0.6 is 23.2 Å². The molecule has 0 aliphatic carbocycles. The van der Waals surface area contributed by atoms with Crippen LogP contribution in [0.15, 0.2) is 47.3 Å². The minimum absolute atomic E-state index is 0.0829. The van der Waals surface area contributed by atoms with Gasteiger partial charge in [-0.1, -0.05) is 29.3 Å². The third-order valence-electron chi connectivity index (χ3n) is 5.51. The molecule has 0 saturated carbocycles. The number of halogens is 2. The van der Waals surface area contributed by atoms with Crippen molar-refractivity contribution in [2.75, 3.05) is 0 Å². The molecular formula is C23H16Cl2N4O3. The molecule has 1 aliphatic rings. The molecule has 0 saturated heterocycles. The molecule has 0 bridgehead atoms. The summed E-state index contributed by atoms with van der Waals surface area (Å²) in [5, 5.41) is 15.2. The van der Waals surface area contributed by atoms with Gasteiger partial charge in [-0.05, 0) is 61.4 Å². The number of hydrogen-bond acceptors (Lipinski definition) is 4. The maximum Gasteiger partial charge on any atom is 0.335 e. The molecule has 0 atom stereocenters. The third-order valence-corrected chi connectivity index (χ3v) is 6.11. The minimum atomic E-state index is -1.07. The number of carbonyl (C=O) groups is 1. The summed E-state index contributed by atoms with van der Waals surface area (Å²) >= 11 is 12.8. The van der Waals surface area contributed by atoms with E-state index in [1.807, 2.05) is 25.1 Å². The molecule has 1 N–H and O–H groups in total. The second-order valence-corrected chi connectivity index (χ2v) is 8.32. The van der Waals surface area contributed by atoms with Gasteiger partial charge >= 0.3 is 5.97 Å². The Morgan fingerprint density at radius 3 is 2.75 bits per heavy atom. The number of aromatic carboxylic acids is 1. The molecule has 4 aromatic rings. The molecular weight excluding hydrogens is 451 g/mol. The summed E-state index contributed by atoms with van der Waals surface area (Å²) in [5.41, 5.74) is 3.26. The van der Waals surface area contributed by atoms with Crippen LogP contribution < -0.4 is 5.56 Å². The summed E-state index contributed by atoms with van der Waals surface area (Å²) in [5.74, 6) is -0.558. The van der Waals surface area contributed by atoms with Crippen molar-refractivity contribution in [2.45, 2.75) is 19.9 Å². The predicted molar refractivity (Wildman–Crippen MR) is 124 cm³/mol. The fourth-order valence-corrected chi connectivity index (χ4v) is 4.43. The van der Waals surface area contributed by atoms with E-state index in [2.05, 4.69) is 10.1 Å². The van der Waals surface area contributed by atoms with E-state index in [-0.39, 0.29) is 11.1 Å². The lowest BCUT2D eigenvalue weighted by molar-refractivity contribution is 0.0697. The first-order valence-electron chi connectivity index (χ1n) is 9.83. The van der Waals surface area contributed by atoms with E-state index >= 15 is 0 Å². The highest BCUT2D eigenvalue weighted by Crippen LogP contribution is 2.32. The molecule has 0 spiro atoms. The minimum Gasteiger partial charge on any atom is -0.478 e. The largest absolute Gasteiger partial charge is 0.478 e. The molecule has 5 rings (SSSR count). The number of hydrogen-bond donors (Lipinski definition) is 1. The van der Waals surface area contributed by atoms with Gasteiger partial charge in [-0.15, -0.1) is 0 Å². The highest BCUT2D eigenvalue weighted by molar-refractivity contribution is 6.32. The van der Waals surface area contributed by atoms with Crippen molar-refractivity contribution in [3.05, 3.63) is 85.6 Å². The topological polar surface area (TPSA) is 90.0 Å². The van der Waals surface area contributed by atoms with Gasteiger partial charge in [0, 0.05) is 17.1 Å². The summed E-state index contributed by atoms with van der Waals surface area (Å²) in [6.45, 7) is 2.34. The maximum absolute atomic E-state index is 12.9. The lowest BCUT2D eigenvalue weighted by Gasteiger charge is -2.06. The molecule has 2 aromatic carbocycles. The lowest BCUT2D eigenvalue weighted by atomic mass is 10.1. The normalized spacial score (nSPS) is 14.3. The summed E-state index contributed by atoms with van der Waals surface area (Å²) in [4.78, 5) is 28.9. The van der Waals surface area contributed by atoms with Crippen molar-refractivity contribution >= 4 is 51.7 Å². The number of carboxylic acid groups (broad SMARTS) is 1. The Balaban J connectivity index is 1.64. The highest BCUT2D eigenvalue weighted by Gasteiger charge is 2.23. The first-order valence-corrected chi connectivity index (χ1v) is 10.6. The van der Waals surface area contributed by atoms with Crippen molar-refractivity contribution < 1.29 is 9.90 Å². The number of aryl methyl sites for hydroxylation is 1. The molecule has 0 fully saturated rings. The van der Waals surface area contributed by atoms with Crippen LogP contribution in [0.5, 0.6) is 0 Å². The average molecular weight is 467 g/mol. The Kier molecular flexibility index (Phi) is 4.87. The van der Waals surface area contributed by atoms with Gasteiger partial charge in [0.15, 0.2) is 0 Å². The Morgan fingerprint density at radius 1 is 1.19 bits per heavy atom. The zero-order valence-corrected chi connectivity index (χ0v) is 18.4. The molecule has 1 aliphatic heterocycles. The number of benzene rings is 2. The molecule has 0 radical (unpaired) electrons. The molecule has 7 nitrogen and oxygen atoms in total. The van der Waals surface area contributed by atoms with Crippen molar-refractivity contribution in [2.24, 2.45) is 0 Å². The zero-order chi connectivity index (χ0) is 22.6. The van der Waals surface area contributed by atoms with E-state index < -0.39 is 5.97 Å². The molecule has 0 amide bonds. The van der Waals surface area contributed by atoms with Crippen molar-refractivity contribution in [1.29, 1.82) is 0 Å². The summed E-state index contributed by atoms with van der Waals surface area (Å²) < 4.78 is 3.23. The average Bonchev–Trinajstić information content (AvgIpc) is 3.29. The summed E-state index contributed by atoms with van der Waals surface area (Å²) in [7, 11) is 0. The van der Waals surface area contributed by atoms with Crippen molar-refractivity contribution in [1.82, 2.24) is 19.3 Å². The van der Waals surface area contributed by atoms with E-state index in [4.69, 9.17) is 23.2 Å². The maximum atomic E-state index is 12.9. The Hall–Kier alpha value is -3.42. The van der Waals surface area contributed by atoms with Gasteiger partial charge in [0.2, 0.25) is 0 Å². The molecule has 32 heavy (non-hydrogen) atoms. The fraction of sp³-hybridized carbons (Fsp3) is 0.130. The SMILES string of the molecule is Cc1nn(-c2cccc(Cl)c2)c(Cl)c1/C=C1\CCn2c1nc1cc(C(=O)O)ccc1c2=O. The molecule has 3 heterocycles. The monoisotopic (exact) mass is 466 g/mol. The smallest absolute Gasteiger partial charge is 0.335 e. The second kappa shape index (κ2) is 7.62. The fourth-order valence-electron chi connectivity index (χ4n) is 3.92. The number of aromatic nitrogens is 4. The van der Waals surface area contributed by atoms with E-state index in [0.717, 1.165) is 22.5 Å². The number of rotatable bonds is 3. The zero-order valence-electron chi connectivity index (χ0n) is 16.8. The van der Waals surface area contributed by atoms with Gasteiger partial charge in [-0.3, -0.25) is 9.36 Å².